The standard InChI is InChI=1S/C51H64O10/c1-3-5-7-9-11-13-15-17-35-56-44-31-23-42(24-32-44)50(54)60-46-27-19-40(20-28-46)38-58-48(52)37-49(53)59-39-41-21-29-47(30-22-41)61-51(55)43-25-33-45(34-26-43)57-36-18-16-14-12-10-8-6-4-2/h19-34H,3-18,35-39H2,1-2H3. The Morgan fingerprint density at radius 3 is 1.03 bits per heavy atom. The molecule has 4 aromatic carbocycles. The van der Waals surface area contributed by atoms with Gasteiger partial charge in [-0.1, -0.05) is 128 Å². The topological polar surface area (TPSA) is 124 Å². The molecule has 10 nitrogen and oxygen atoms in total. The molecule has 0 N–H and O–H groups in total. The van der Waals surface area contributed by atoms with Crippen molar-refractivity contribution in [2.75, 3.05) is 13.2 Å². The minimum atomic E-state index is -0.740. The maximum absolute atomic E-state index is 12.7. The SMILES string of the molecule is CCCCCCCCCCOc1ccc(C(=O)Oc2ccc(COC(=O)CC(=O)OCc3ccc(OC(=O)c4ccc(OCCCCCCCCCC)cc4)cc3)cc2)cc1. The number of hydrogen-bond acceptors (Lipinski definition) is 10. The normalized spacial score (nSPS) is 10.8. The number of unbranched alkanes of at least 4 members (excludes halogenated alkanes) is 14. The highest BCUT2D eigenvalue weighted by Gasteiger charge is 2.14. The van der Waals surface area contributed by atoms with Crippen LogP contribution in [-0.2, 0) is 32.3 Å². The second-order valence-corrected chi connectivity index (χ2v) is 15.3. The highest BCUT2D eigenvalue weighted by molar-refractivity contribution is 5.92. The van der Waals surface area contributed by atoms with E-state index < -0.39 is 30.3 Å². The van der Waals surface area contributed by atoms with Gasteiger partial charge in [0.2, 0.25) is 0 Å². The maximum Gasteiger partial charge on any atom is 0.343 e. The second kappa shape index (κ2) is 28.8. The Bertz CT molecular complexity index is 1710. The van der Waals surface area contributed by atoms with Crippen molar-refractivity contribution in [1.82, 2.24) is 0 Å². The minimum Gasteiger partial charge on any atom is -0.494 e. The Kier molecular flexibility index (Phi) is 22.6. The van der Waals surface area contributed by atoms with Crippen LogP contribution >= 0.6 is 0 Å². The molecule has 0 atom stereocenters. The number of benzene rings is 4. The molecule has 0 saturated carbocycles. The summed E-state index contributed by atoms with van der Waals surface area (Å²) in [7, 11) is 0. The zero-order valence-corrected chi connectivity index (χ0v) is 36.2. The van der Waals surface area contributed by atoms with E-state index in [4.69, 9.17) is 28.4 Å². The molecule has 0 spiro atoms. The molecule has 0 heterocycles. The summed E-state index contributed by atoms with van der Waals surface area (Å²) in [4.78, 5) is 50.0. The number of ether oxygens (including phenoxy) is 6. The van der Waals surface area contributed by atoms with Gasteiger partial charge in [-0.25, -0.2) is 9.59 Å². The molecule has 0 fully saturated rings. The van der Waals surface area contributed by atoms with Crippen LogP contribution in [0.25, 0.3) is 0 Å². The zero-order valence-electron chi connectivity index (χ0n) is 36.2. The van der Waals surface area contributed by atoms with Crippen molar-refractivity contribution in [3.8, 4) is 23.0 Å². The van der Waals surface area contributed by atoms with Crippen LogP contribution in [0.15, 0.2) is 97.1 Å². The first kappa shape index (κ1) is 48.0. The van der Waals surface area contributed by atoms with E-state index in [1.54, 1.807) is 97.1 Å². The zero-order chi connectivity index (χ0) is 43.3. The monoisotopic (exact) mass is 836 g/mol. The lowest BCUT2D eigenvalue weighted by Gasteiger charge is -2.09. The van der Waals surface area contributed by atoms with Crippen molar-refractivity contribution in [2.45, 2.75) is 136 Å². The van der Waals surface area contributed by atoms with E-state index in [0.717, 1.165) is 25.7 Å². The van der Waals surface area contributed by atoms with Gasteiger partial charge in [-0.3, -0.25) is 9.59 Å². The molecule has 4 rings (SSSR count). The Morgan fingerprint density at radius 2 is 0.689 bits per heavy atom. The van der Waals surface area contributed by atoms with Crippen molar-refractivity contribution in [1.29, 1.82) is 0 Å². The van der Waals surface area contributed by atoms with E-state index in [0.29, 0.717) is 58.5 Å². The van der Waals surface area contributed by atoms with E-state index in [-0.39, 0.29) is 13.2 Å². The van der Waals surface area contributed by atoms with Gasteiger partial charge in [-0.05, 0) is 96.8 Å². The van der Waals surface area contributed by atoms with Gasteiger partial charge in [0.15, 0.2) is 0 Å². The largest absolute Gasteiger partial charge is 0.494 e. The van der Waals surface area contributed by atoms with Crippen LogP contribution in [0.2, 0.25) is 0 Å². The van der Waals surface area contributed by atoms with Crippen molar-refractivity contribution >= 4 is 23.9 Å². The summed E-state index contributed by atoms with van der Waals surface area (Å²) in [6.45, 7) is 5.61. The van der Waals surface area contributed by atoms with Gasteiger partial charge < -0.3 is 28.4 Å². The van der Waals surface area contributed by atoms with Crippen molar-refractivity contribution in [3.63, 3.8) is 0 Å². The maximum atomic E-state index is 12.7. The number of carbonyl (C=O) groups excluding carboxylic acids is 4. The van der Waals surface area contributed by atoms with Crippen LogP contribution in [-0.4, -0.2) is 37.1 Å². The Hall–Kier alpha value is -5.64. The summed E-state index contributed by atoms with van der Waals surface area (Å²) in [6.07, 6.45) is 19.2. The molecule has 0 aromatic heterocycles. The van der Waals surface area contributed by atoms with Gasteiger partial charge in [0.25, 0.3) is 0 Å². The predicted molar refractivity (Wildman–Crippen MR) is 236 cm³/mol. The van der Waals surface area contributed by atoms with Gasteiger partial charge >= 0.3 is 23.9 Å². The van der Waals surface area contributed by atoms with Crippen molar-refractivity contribution in [3.05, 3.63) is 119 Å². The fourth-order valence-electron chi connectivity index (χ4n) is 6.41. The van der Waals surface area contributed by atoms with Gasteiger partial charge in [0, 0.05) is 0 Å². The Morgan fingerprint density at radius 1 is 0.377 bits per heavy atom. The van der Waals surface area contributed by atoms with E-state index in [1.807, 2.05) is 0 Å². The molecule has 0 aliphatic carbocycles. The number of hydrogen-bond donors (Lipinski definition) is 0. The Labute approximate surface area is 362 Å². The number of rotatable bonds is 30. The third kappa shape index (κ3) is 20.0. The molecule has 0 bridgehead atoms. The minimum absolute atomic E-state index is 0.0712. The molecule has 0 aliphatic rings. The molecule has 0 saturated heterocycles. The molecule has 0 unspecified atom stereocenters. The molecule has 0 amide bonds. The smallest absolute Gasteiger partial charge is 0.343 e. The van der Waals surface area contributed by atoms with Crippen LogP contribution in [0.3, 0.4) is 0 Å². The first-order valence-electron chi connectivity index (χ1n) is 22.2. The first-order chi connectivity index (χ1) is 29.8. The molecule has 328 valence electrons. The molecule has 0 radical (unpaired) electrons. The van der Waals surface area contributed by atoms with E-state index in [9.17, 15) is 19.2 Å². The van der Waals surface area contributed by atoms with Crippen molar-refractivity contribution < 1.29 is 47.6 Å². The van der Waals surface area contributed by atoms with Crippen LogP contribution in [0.5, 0.6) is 23.0 Å². The number of esters is 4. The van der Waals surface area contributed by atoms with E-state index in [2.05, 4.69) is 13.8 Å². The highest BCUT2D eigenvalue weighted by atomic mass is 16.6. The van der Waals surface area contributed by atoms with Crippen molar-refractivity contribution in [2.24, 2.45) is 0 Å². The van der Waals surface area contributed by atoms with Gasteiger partial charge in [0.05, 0.1) is 24.3 Å². The average Bonchev–Trinajstić information content (AvgIpc) is 3.28. The second-order valence-electron chi connectivity index (χ2n) is 15.3. The lowest BCUT2D eigenvalue weighted by atomic mass is 10.1. The summed E-state index contributed by atoms with van der Waals surface area (Å²) < 4.78 is 33.1. The fraction of sp³-hybridized carbons (Fsp3) is 0.451. The van der Waals surface area contributed by atoms with Crippen LogP contribution in [0.1, 0.15) is 155 Å². The number of carbonyl (C=O) groups is 4. The third-order valence-electron chi connectivity index (χ3n) is 10.1. The quantitative estimate of drug-likeness (QED) is 0.0217. The average molecular weight is 837 g/mol. The van der Waals surface area contributed by atoms with Gasteiger partial charge in [-0.15, -0.1) is 0 Å². The third-order valence-corrected chi connectivity index (χ3v) is 10.1. The van der Waals surface area contributed by atoms with E-state index in [1.165, 1.54) is 77.0 Å². The van der Waals surface area contributed by atoms with Crippen LogP contribution < -0.4 is 18.9 Å². The fourth-order valence-corrected chi connectivity index (χ4v) is 6.41. The van der Waals surface area contributed by atoms with Gasteiger partial charge in [-0.2, -0.15) is 0 Å². The van der Waals surface area contributed by atoms with Crippen LogP contribution in [0, 0.1) is 0 Å². The lowest BCUT2D eigenvalue weighted by Crippen LogP contribution is -2.14. The predicted octanol–water partition coefficient (Wildman–Crippen LogP) is 12.3. The van der Waals surface area contributed by atoms with Gasteiger partial charge in [0.1, 0.15) is 42.6 Å². The molecular formula is C51H64O10. The van der Waals surface area contributed by atoms with E-state index >= 15 is 0 Å². The molecule has 0 aliphatic heterocycles. The summed E-state index contributed by atoms with van der Waals surface area (Å²) in [6, 6.07) is 26.9. The molecule has 61 heavy (non-hydrogen) atoms. The Balaban J connectivity index is 1.06. The molecule has 10 heteroatoms. The summed E-state index contributed by atoms with van der Waals surface area (Å²) in [5, 5.41) is 0. The van der Waals surface area contributed by atoms with Crippen LogP contribution in [0.4, 0.5) is 0 Å². The molecule has 4 aromatic rings. The summed E-state index contributed by atoms with van der Waals surface area (Å²) in [5.74, 6) is -0.379. The molecular weight excluding hydrogens is 773 g/mol. The lowest BCUT2D eigenvalue weighted by molar-refractivity contribution is -0.156. The first-order valence-corrected chi connectivity index (χ1v) is 22.2. The summed E-state index contributed by atoms with van der Waals surface area (Å²) >= 11 is 0. The highest BCUT2D eigenvalue weighted by Crippen LogP contribution is 2.20. The summed E-state index contributed by atoms with van der Waals surface area (Å²) in [5.41, 5.74) is 2.09.